The van der Waals surface area contributed by atoms with E-state index in [0.29, 0.717) is 12.8 Å². The minimum atomic E-state index is -0.673. The van der Waals surface area contributed by atoms with E-state index >= 15 is 0 Å². The van der Waals surface area contributed by atoms with E-state index in [2.05, 4.69) is 79.9 Å². The molecule has 0 saturated carbocycles. The van der Waals surface area contributed by atoms with Gasteiger partial charge in [0.2, 0.25) is 5.91 Å². The largest absolute Gasteiger partial charge is 0.394 e. The number of aliphatic hydroxyl groups is 2. The first kappa shape index (κ1) is 61.1. The van der Waals surface area contributed by atoms with E-state index < -0.39 is 12.1 Å². The molecule has 0 aromatic heterocycles. The van der Waals surface area contributed by atoms with E-state index in [9.17, 15) is 15.0 Å². The number of aliphatic hydroxyl groups excluding tert-OH is 2. The molecular formula is C59H109NO3. The van der Waals surface area contributed by atoms with Gasteiger partial charge in [0.05, 0.1) is 18.8 Å². The zero-order valence-corrected chi connectivity index (χ0v) is 42.3. The molecule has 0 bridgehead atoms. The Morgan fingerprint density at radius 3 is 1.05 bits per heavy atom. The van der Waals surface area contributed by atoms with Crippen LogP contribution in [0.25, 0.3) is 0 Å². The molecule has 0 aliphatic heterocycles. The summed E-state index contributed by atoms with van der Waals surface area (Å²) in [6.45, 7) is 4.26. The van der Waals surface area contributed by atoms with Gasteiger partial charge < -0.3 is 15.5 Å². The summed E-state index contributed by atoms with van der Waals surface area (Å²) < 4.78 is 0. The SMILES string of the molecule is CC/C=C\C/C=C\C/C=C\C/C=C\C/C=C\CCCCCCCC(=O)NC(CO)C(O)CCCCCCCCCCCCCCCCCCCCCCCCCCCCCCCC. The van der Waals surface area contributed by atoms with Crippen molar-refractivity contribution in [1.29, 1.82) is 0 Å². The van der Waals surface area contributed by atoms with Crippen LogP contribution in [0.4, 0.5) is 0 Å². The summed E-state index contributed by atoms with van der Waals surface area (Å²) in [4.78, 5) is 12.5. The molecule has 0 aromatic carbocycles. The van der Waals surface area contributed by atoms with Gasteiger partial charge >= 0.3 is 0 Å². The van der Waals surface area contributed by atoms with Gasteiger partial charge in [0.1, 0.15) is 0 Å². The summed E-state index contributed by atoms with van der Waals surface area (Å²) in [7, 11) is 0. The molecule has 0 aliphatic rings. The maximum atomic E-state index is 12.5. The summed E-state index contributed by atoms with van der Waals surface area (Å²) in [5.74, 6) is -0.0485. The number of rotatable bonds is 51. The van der Waals surface area contributed by atoms with Crippen LogP contribution < -0.4 is 5.32 Å². The smallest absolute Gasteiger partial charge is 0.220 e. The van der Waals surface area contributed by atoms with Gasteiger partial charge in [-0.15, -0.1) is 0 Å². The second kappa shape index (κ2) is 54.4. The molecule has 0 rings (SSSR count). The van der Waals surface area contributed by atoms with E-state index in [0.717, 1.165) is 70.6 Å². The minimum absolute atomic E-state index is 0.0485. The van der Waals surface area contributed by atoms with Gasteiger partial charge in [0.25, 0.3) is 0 Å². The Morgan fingerprint density at radius 2 is 0.698 bits per heavy atom. The molecule has 2 atom stereocenters. The first-order valence-corrected chi connectivity index (χ1v) is 28.0. The van der Waals surface area contributed by atoms with Crippen LogP contribution in [-0.2, 0) is 4.79 Å². The molecular weight excluding hydrogens is 771 g/mol. The van der Waals surface area contributed by atoms with Crippen molar-refractivity contribution in [2.75, 3.05) is 6.61 Å². The van der Waals surface area contributed by atoms with Gasteiger partial charge in [-0.2, -0.15) is 0 Å². The quantitative estimate of drug-likeness (QED) is 0.0421. The summed E-state index contributed by atoms with van der Waals surface area (Å²) in [6.07, 6.45) is 76.4. The van der Waals surface area contributed by atoms with Gasteiger partial charge in [0, 0.05) is 6.42 Å². The van der Waals surface area contributed by atoms with Crippen LogP contribution >= 0.6 is 0 Å². The van der Waals surface area contributed by atoms with Crippen LogP contribution in [0.3, 0.4) is 0 Å². The van der Waals surface area contributed by atoms with E-state index in [1.54, 1.807) is 0 Å². The summed E-state index contributed by atoms with van der Waals surface area (Å²) >= 11 is 0. The summed E-state index contributed by atoms with van der Waals surface area (Å²) in [6, 6.07) is -0.551. The van der Waals surface area contributed by atoms with Gasteiger partial charge in [-0.3, -0.25) is 4.79 Å². The molecule has 0 radical (unpaired) electrons. The number of carbonyl (C=O) groups is 1. The standard InChI is InChI=1S/C59H109NO3/c1-3-5-7-9-11-13-15-17-19-21-23-25-26-27-28-29-30-31-32-33-35-36-38-40-42-44-46-48-50-52-54-58(62)57(56-61)60-59(63)55-53-51-49-47-45-43-41-39-37-34-24-22-20-18-16-14-12-10-8-6-4-2/h6,8,12,14,18,20,24,34,39,41,57-58,61-62H,3-5,7,9-11,13,15-17,19,21-23,25-33,35-38,40,42-56H2,1-2H3,(H,60,63)/b8-6-,14-12-,20-18-,34-24-,41-39-. The molecule has 0 aromatic rings. The lowest BCUT2D eigenvalue weighted by atomic mass is 10.0. The van der Waals surface area contributed by atoms with Crippen LogP contribution in [0, 0.1) is 0 Å². The molecule has 2 unspecified atom stereocenters. The van der Waals surface area contributed by atoms with Crippen molar-refractivity contribution in [2.45, 2.75) is 302 Å². The van der Waals surface area contributed by atoms with Crippen molar-refractivity contribution in [3.8, 4) is 0 Å². The third-order valence-electron chi connectivity index (χ3n) is 12.8. The third-order valence-corrected chi connectivity index (χ3v) is 12.8. The van der Waals surface area contributed by atoms with Gasteiger partial charge in [-0.05, 0) is 57.8 Å². The summed E-state index contributed by atoms with van der Waals surface area (Å²) in [5, 5.41) is 23.3. The molecule has 63 heavy (non-hydrogen) atoms. The van der Waals surface area contributed by atoms with E-state index in [1.807, 2.05) is 0 Å². The highest BCUT2D eigenvalue weighted by atomic mass is 16.3. The number of allylic oxidation sites excluding steroid dienone is 10. The topological polar surface area (TPSA) is 69.6 Å². The predicted molar refractivity (Wildman–Crippen MR) is 281 cm³/mol. The average Bonchev–Trinajstić information content (AvgIpc) is 3.29. The van der Waals surface area contributed by atoms with Crippen molar-refractivity contribution < 1.29 is 15.0 Å². The fourth-order valence-corrected chi connectivity index (χ4v) is 8.57. The Bertz CT molecular complexity index is 1040. The number of unbranched alkanes of at least 4 members (excludes halogenated alkanes) is 34. The maximum Gasteiger partial charge on any atom is 0.220 e. The fourth-order valence-electron chi connectivity index (χ4n) is 8.57. The van der Waals surface area contributed by atoms with Crippen LogP contribution in [-0.4, -0.2) is 34.9 Å². The molecule has 1 amide bonds. The van der Waals surface area contributed by atoms with Gasteiger partial charge in [-0.25, -0.2) is 0 Å². The highest BCUT2D eigenvalue weighted by Gasteiger charge is 2.20. The molecule has 0 fully saturated rings. The van der Waals surface area contributed by atoms with Crippen molar-refractivity contribution in [3.63, 3.8) is 0 Å². The van der Waals surface area contributed by atoms with Crippen LogP contribution in [0.5, 0.6) is 0 Å². The monoisotopic (exact) mass is 880 g/mol. The number of hydrogen-bond donors (Lipinski definition) is 3. The van der Waals surface area contributed by atoms with Crippen LogP contribution in [0.2, 0.25) is 0 Å². The molecule has 0 saturated heterocycles. The maximum absolute atomic E-state index is 12.5. The van der Waals surface area contributed by atoms with Gasteiger partial charge in [-0.1, -0.05) is 286 Å². The van der Waals surface area contributed by atoms with Crippen LogP contribution in [0.15, 0.2) is 60.8 Å². The number of carbonyl (C=O) groups excluding carboxylic acids is 1. The fraction of sp³-hybridized carbons (Fsp3) is 0.814. The second-order valence-electron chi connectivity index (χ2n) is 19.0. The number of hydrogen-bond acceptors (Lipinski definition) is 3. The van der Waals surface area contributed by atoms with E-state index in [4.69, 9.17) is 0 Å². The second-order valence-corrected chi connectivity index (χ2v) is 19.0. The highest BCUT2D eigenvalue weighted by molar-refractivity contribution is 5.76. The number of amides is 1. The Kier molecular flexibility index (Phi) is 52.8. The summed E-state index contributed by atoms with van der Waals surface area (Å²) in [5.41, 5.74) is 0. The zero-order valence-electron chi connectivity index (χ0n) is 42.3. The molecule has 0 heterocycles. The molecule has 4 heteroatoms. The lowest BCUT2D eigenvalue weighted by Gasteiger charge is -2.22. The van der Waals surface area contributed by atoms with Crippen molar-refractivity contribution >= 4 is 5.91 Å². The molecule has 3 N–H and O–H groups in total. The Balaban J connectivity index is 3.48. The Labute approximate surface area is 394 Å². The first-order valence-electron chi connectivity index (χ1n) is 28.0. The lowest BCUT2D eigenvalue weighted by molar-refractivity contribution is -0.123. The molecule has 0 spiro atoms. The highest BCUT2D eigenvalue weighted by Crippen LogP contribution is 2.17. The normalized spacial score (nSPS) is 13.3. The lowest BCUT2D eigenvalue weighted by Crippen LogP contribution is -2.45. The van der Waals surface area contributed by atoms with Crippen LogP contribution in [0.1, 0.15) is 290 Å². The first-order chi connectivity index (χ1) is 31.2. The van der Waals surface area contributed by atoms with E-state index in [-0.39, 0.29) is 12.5 Å². The zero-order chi connectivity index (χ0) is 45.6. The third kappa shape index (κ3) is 50.9. The predicted octanol–water partition coefficient (Wildman–Crippen LogP) is 18.4. The van der Waals surface area contributed by atoms with Crippen molar-refractivity contribution in [3.05, 3.63) is 60.8 Å². The van der Waals surface area contributed by atoms with Gasteiger partial charge in [0.15, 0.2) is 0 Å². The Morgan fingerprint density at radius 1 is 0.397 bits per heavy atom. The molecule has 4 nitrogen and oxygen atoms in total. The minimum Gasteiger partial charge on any atom is -0.394 e. The Hall–Kier alpha value is -1.91. The van der Waals surface area contributed by atoms with Crippen molar-refractivity contribution in [1.82, 2.24) is 5.32 Å². The molecule has 0 aliphatic carbocycles. The van der Waals surface area contributed by atoms with Crippen molar-refractivity contribution in [2.24, 2.45) is 0 Å². The number of nitrogens with one attached hydrogen (secondary N) is 1. The average molecular weight is 881 g/mol. The molecule has 368 valence electrons. The van der Waals surface area contributed by atoms with E-state index in [1.165, 1.54) is 193 Å².